The van der Waals surface area contributed by atoms with Gasteiger partial charge in [0.15, 0.2) is 0 Å². The maximum atomic E-state index is 12.3. The molecule has 3 atom stereocenters. The molecule has 1 saturated carbocycles. The predicted octanol–water partition coefficient (Wildman–Crippen LogP) is 1.16. The molecule has 0 aromatic carbocycles. The molecule has 3 unspecified atom stereocenters. The van der Waals surface area contributed by atoms with Crippen molar-refractivity contribution < 1.29 is 19.4 Å². The van der Waals surface area contributed by atoms with E-state index in [1.165, 1.54) is 0 Å². The molecular weight excluding hydrogens is 280 g/mol. The first-order chi connectivity index (χ1) is 9.63. The zero-order valence-corrected chi connectivity index (χ0v) is 12.5. The van der Waals surface area contributed by atoms with E-state index in [1.54, 1.807) is 16.7 Å². The SMILES string of the molecule is CSCCC(NC(=O)N1CCOC2CCCC21)C(=O)O. The van der Waals surface area contributed by atoms with Gasteiger partial charge in [-0.15, -0.1) is 0 Å². The van der Waals surface area contributed by atoms with Gasteiger partial charge in [-0.1, -0.05) is 0 Å². The zero-order chi connectivity index (χ0) is 14.5. The van der Waals surface area contributed by atoms with Crippen molar-refractivity contribution in [3.63, 3.8) is 0 Å². The number of thioether (sulfide) groups is 1. The number of aliphatic carboxylic acids is 1. The Morgan fingerprint density at radius 3 is 3.00 bits per heavy atom. The summed E-state index contributed by atoms with van der Waals surface area (Å²) in [4.78, 5) is 25.3. The number of nitrogens with one attached hydrogen (secondary N) is 1. The highest BCUT2D eigenvalue weighted by atomic mass is 32.2. The summed E-state index contributed by atoms with van der Waals surface area (Å²) in [6, 6.07) is -0.963. The molecule has 1 aliphatic heterocycles. The Kier molecular flexibility index (Phi) is 5.54. The molecule has 1 saturated heterocycles. The number of carbonyl (C=O) groups is 2. The lowest BCUT2D eigenvalue weighted by molar-refractivity contribution is -0.139. The molecule has 0 bridgehead atoms. The largest absolute Gasteiger partial charge is 0.480 e. The van der Waals surface area contributed by atoms with Crippen molar-refractivity contribution >= 4 is 23.8 Å². The number of hydrogen-bond donors (Lipinski definition) is 2. The van der Waals surface area contributed by atoms with E-state index >= 15 is 0 Å². The normalized spacial score (nSPS) is 26.9. The first-order valence-corrected chi connectivity index (χ1v) is 8.43. The summed E-state index contributed by atoms with van der Waals surface area (Å²) in [5.74, 6) is -0.254. The Morgan fingerprint density at radius 2 is 2.30 bits per heavy atom. The number of rotatable bonds is 5. The van der Waals surface area contributed by atoms with Crippen LogP contribution in [-0.4, -0.2) is 65.4 Å². The molecule has 6 nitrogen and oxygen atoms in total. The minimum atomic E-state index is -0.969. The Labute approximate surface area is 123 Å². The molecule has 1 aliphatic carbocycles. The van der Waals surface area contributed by atoms with Gasteiger partial charge in [-0.3, -0.25) is 0 Å². The van der Waals surface area contributed by atoms with Gasteiger partial charge >= 0.3 is 12.0 Å². The molecule has 2 fully saturated rings. The summed E-state index contributed by atoms with van der Waals surface area (Å²) in [6.07, 6.45) is 5.49. The molecule has 0 radical (unpaired) electrons. The number of nitrogens with zero attached hydrogens (tertiary/aromatic N) is 1. The number of hydrogen-bond acceptors (Lipinski definition) is 4. The molecule has 2 aliphatic rings. The number of ether oxygens (including phenoxy) is 1. The van der Waals surface area contributed by atoms with Crippen molar-refractivity contribution in [1.82, 2.24) is 10.2 Å². The van der Waals surface area contributed by atoms with Crippen LogP contribution in [-0.2, 0) is 9.53 Å². The highest BCUT2D eigenvalue weighted by Gasteiger charge is 2.39. The fourth-order valence-electron chi connectivity index (χ4n) is 2.90. The molecule has 0 aromatic rings. The number of urea groups is 1. The zero-order valence-electron chi connectivity index (χ0n) is 11.7. The average Bonchev–Trinajstić information content (AvgIpc) is 2.90. The first-order valence-electron chi connectivity index (χ1n) is 7.04. The molecule has 1 heterocycles. The first kappa shape index (κ1) is 15.4. The summed E-state index contributed by atoms with van der Waals surface area (Å²) in [5.41, 5.74) is 0. The second-order valence-electron chi connectivity index (χ2n) is 5.22. The van der Waals surface area contributed by atoms with Crippen LogP contribution >= 0.6 is 11.8 Å². The molecule has 0 aromatic heterocycles. The molecule has 7 heteroatoms. The van der Waals surface area contributed by atoms with Crippen LogP contribution in [0.15, 0.2) is 0 Å². The fraction of sp³-hybridized carbons (Fsp3) is 0.846. The number of amides is 2. The van der Waals surface area contributed by atoms with Gasteiger partial charge < -0.3 is 20.1 Å². The van der Waals surface area contributed by atoms with Crippen LogP contribution in [0.1, 0.15) is 25.7 Å². The van der Waals surface area contributed by atoms with Crippen LogP contribution < -0.4 is 5.32 Å². The second kappa shape index (κ2) is 7.17. The van der Waals surface area contributed by atoms with E-state index in [2.05, 4.69) is 5.32 Å². The highest BCUT2D eigenvalue weighted by molar-refractivity contribution is 7.98. The Balaban J connectivity index is 1.93. The van der Waals surface area contributed by atoms with Crippen molar-refractivity contribution in [3.8, 4) is 0 Å². The van der Waals surface area contributed by atoms with Gasteiger partial charge in [0.1, 0.15) is 6.04 Å². The van der Waals surface area contributed by atoms with Crippen LogP contribution in [0.25, 0.3) is 0 Å². The lowest BCUT2D eigenvalue weighted by atomic mass is 10.1. The van der Waals surface area contributed by atoms with Gasteiger partial charge in [0, 0.05) is 6.54 Å². The summed E-state index contributed by atoms with van der Waals surface area (Å²) in [7, 11) is 0. The molecule has 2 rings (SSSR count). The van der Waals surface area contributed by atoms with E-state index in [-0.39, 0.29) is 18.2 Å². The predicted molar refractivity (Wildman–Crippen MR) is 77.0 cm³/mol. The molecule has 114 valence electrons. The van der Waals surface area contributed by atoms with E-state index in [1.807, 2.05) is 6.26 Å². The summed E-state index contributed by atoms with van der Waals surface area (Å²) in [5, 5.41) is 11.8. The van der Waals surface area contributed by atoms with Gasteiger partial charge in [-0.2, -0.15) is 11.8 Å². The lowest BCUT2D eigenvalue weighted by Crippen LogP contribution is -2.57. The van der Waals surface area contributed by atoms with E-state index in [0.717, 1.165) is 19.3 Å². The van der Waals surface area contributed by atoms with Gasteiger partial charge in [0.25, 0.3) is 0 Å². The topological polar surface area (TPSA) is 78.9 Å². The third-order valence-electron chi connectivity index (χ3n) is 3.95. The van der Waals surface area contributed by atoms with Gasteiger partial charge in [-0.05, 0) is 37.7 Å². The smallest absolute Gasteiger partial charge is 0.326 e. The number of carboxylic acids is 1. The minimum Gasteiger partial charge on any atom is -0.480 e. The molecular formula is C13H22N2O4S. The summed E-state index contributed by atoms with van der Waals surface area (Å²) < 4.78 is 5.66. The summed E-state index contributed by atoms with van der Waals surface area (Å²) >= 11 is 1.58. The van der Waals surface area contributed by atoms with Gasteiger partial charge in [0.05, 0.1) is 18.8 Å². The van der Waals surface area contributed by atoms with E-state index in [4.69, 9.17) is 9.84 Å². The monoisotopic (exact) mass is 302 g/mol. The Bertz CT molecular complexity index is 366. The maximum absolute atomic E-state index is 12.3. The van der Waals surface area contributed by atoms with Crippen molar-refractivity contribution in [2.75, 3.05) is 25.2 Å². The summed E-state index contributed by atoms with van der Waals surface area (Å²) in [6.45, 7) is 1.08. The highest BCUT2D eigenvalue weighted by Crippen LogP contribution is 2.29. The van der Waals surface area contributed by atoms with Crippen molar-refractivity contribution in [2.24, 2.45) is 0 Å². The number of fused-ring (bicyclic) bond motifs is 1. The third-order valence-corrected chi connectivity index (χ3v) is 4.59. The third kappa shape index (κ3) is 3.58. The van der Waals surface area contributed by atoms with E-state index < -0.39 is 12.0 Å². The van der Waals surface area contributed by atoms with Crippen LogP contribution in [0.5, 0.6) is 0 Å². The van der Waals surface area contributed by atoms with Crippen molar-refractivity contribution in [3.05, 3.63) is 0 Å². The molecule has 2 amide bonds. The van der Waals surface area contributed by atoms with Crippen LogP contribution in [0.3, 0.4) is 0 Å². The van der Waals surface area contributed by atoms with E-state index in [9.17, 15) is 9.59 Å². The molecule has 2 N–H and O–H groups in total. The van der Waals surface area contributed by atoms with Crippen LogP contribution in [0.4, 0.5) is 4.79 Å². The van der Waals surface area contributed by atoms with E-state index in [0.29, 0.717) is 25.3 Å². The number of carbonyl (C=O) groups excluding carboxylic acids is 1. The maximum Gasteiger partial charge on any atom is 0.326 e. The Hall–Kier alpha value is -0.950. The Morgan fingerprint density at radius 1 is 1.50 bits per heavy atom. The standard InChI is InChI=1S/C13H22N2O4S/c1-20-8-5-9(12(16)17)14-13(18)15-6-7-19-11-4-2-3-10(11)15/h9-11H,2-8H2,1H3,(H,14,18)(H,16,17). The fourth-order valence-corrected chi connectivity index (χ4v) is 3.37. The van der Waals surface area contributed by atoms with Gasteiger partial charge in [-0.25, -0.2) is 9.59 Å². The lowest BCUT2D eigenvalue weighted by Gasteiger charge is -2.38. The van der Waals surface area contributed by atoms with Crippen LogP contribution in [0.2, 0.25) is 0 Å². The van der Waals surface area contributed by atoms with Crippen molar-refractivity contribution in [2.45, 2.75) is 43.9 Å². The minimum absolute atomic E-state index is 0.110. The molecule has 0 spiro atoms. The quantitative estimate of drug-likeness (QED) is 0.796. The van der Waals surface area contributed by atoms with Gasteiger partial charge in [0.2, 0.25) is 0 Å². The van der Waals surface area contributed by atoms with Crippen molar-refractivity contribution in [1.29, 1.82) is 0 Å². The average molecular weight is 302 g/mol. The second-order valence-corrected chi connectivity index (χ2v) is 6.21. The van der Waals surface area contributed by atoms with Crippen LogP contribution in [0, 0.1) is 0 Å². The molecule has 20 heavy (non-hydrogen) atoms. The number of carboxylic acid groups (broad SMARTS) is 1. The number of morpholine rings is 1.